The zero-order valence-electron chi connectivity index (χ0n) is 8.21. The topological polar surface area (TPSA) is 55.0 Å². The van der Waals surface area contributed by atoms with Crippen LogP contribution in [0.5, 0.6) is 11.6 Å². The third-order valence-corrected chi connectivity index (χ3v) is 2.85. The van der Waals surface area contributed by atoms with Crippen molar-refractivity contribution in [2.45, 2.75) is 0 Å². The van der Waals surface area contributed by atoms with Gasteiger partial charge in [-0.3, -0.25) is 9.89 Å². The van der Waals surface area contributed by atoms with E-state index in [4.69, 9.17) is 39.5 Å². The lowest BCUT2D eigenvalue weighted by atomic mass is 10.3. The summed E-state index contributed by atoms with van der Waals surface area (Å²) in [6.45, 7) is 0. The van der Waals surface area contributed by atoms with E-state index in [1.807, 2.05) is 0 Å². The first-order chi connectivity index (χ1) is 8.08. The molecular formula is C10H5Cl3N2O2. The van der Waals surface area contributed by atoms with Gasteiger partial charge in [0.15, 0.2) is 0 Å². The predicted octanol–water partition coefficient (Wildman–Crippen LogP) is 3.52. The molecule has 0 saturated heterocycles. The molecule has 7 heteroatoms. The normalized spacial score (nSPS) is 10.3. The van der Waals surface area contributed by atoms with Crippen LogP contribution in [0.4, 0.5) is 0 Å². The Balaban J connectivity index is 2.38. The molecule has 0 unspecified atom stereocenters. The molecule has 0 amide bonds. The molecule has 0 radical (unpaired) electrons. The van der Waals surface area contributed by atoms with Crippen molar-refractivity contribution in [1.29, 1.82) is 0 Å². The van der Waals surface area contributed by atoms with E-state index in [0.29, 0.717) is 5.02 Å². The van der Waals surface area contributed by atoms with Gasteiger partial charge in [-0.15, -0.1) is 5.10 Å². The lowest BCUT2D eigenvalue weighted by Crippen LogP contribution is -2.07. The molecule has 0 aliphatic heterocycles. The second-order valence-electron chi connectivity index (χ2n) is 3.04. The van der Waals surface area contributed by atoms with Crippen LogP contribution in [-0.4, -0.2) is 10.2 Å². The molecule has 0 atom stereocenters. The van der Waals surface area contributed by atoms with Crippen LogP contribution in [0.25, 0.3) is 0 Å². The maximum absolute atomic E-state index is 11.5. The van der Waals surface area contributed by atoms with Gasteiger partial charge in [-0.1, -0.05) is 40.9 Å². The van der Waals surface area contributed by atoms with Gasteiger partial charge in [0.1, 0.15) is 15.9 Å². The molecule has 0 bridgehead atoms. The van der Waals surface area contributed by atoms with Gasteiger partial charge in [0.05, 0.1) is 5.02 Å². The summed E-state index contributed by atoms with van der Waals surface area (Å²) in [7, 11) is 0. The molecule has 88 valence electrons. The molecule has 2 rings (SSSR count). The van der Waals surface area contributed by atoms with E-state index in [2.05, 4.69) is 10.2 Å². The number of aromatic nitrogens is 2. The fraction of sp³-hybridized carbons (Fsp3) is 0. The monoisotopic (exact) mass is 290 g/mol. The summed E-state index contributed by atoms with van der Waals surface area (Å²) in [5.74, 6) is 0.0954. The zero-order chi connectivity index (χ0) is 12.4. The number of rotatable bonds is 2. The Kier molecular flexibility index (Phi) is 3.57. The smallest absolute Gasteiger partial charge is 0.285 e. The third kappa shape index (κ3) is 2.72. The molecule has 0 aliphatic rings. The number of nitrogens with one attached hydrogen (secondary N) is 1. The number of halogens is 3. The number of H-pyrrole nitrogens is 1. The first-order valence-corrected chi connectivity index (χ1v) is 5.58. The number of ether oxygens (including phenoxy) is 1. The minimum atomic E-state index is -0.454. The number of nitrogens with zero attached hydrogens (tertiary/aromatic N) is 1. The maximum atomic E-state index is 11.5. The molecule has 0 aliphatic carbocycles. The van der Waals surface area contributed by atoms with Gasteiger partial charge in [0, 0.05) is 6.07 Å². The molecule has 4 nitrogen and oxygen atoms in total. The molecule has 2 aromatic rings. The van der Waals surface area contributed by atoms with Crippen LogP contribution in [0.3, 0.4) is 0 Å². The van der Waals surface area contributed by atoms with Crippen LogP contribution in [0, 0.1) is 0 Å². The Hall–Kier alpha value is -1.23. The molecule has 1 heterocycles. The van der Waals surface area contributed by atoms with Crippen LogP contribution in [0.1, 0.15) is 0 Å². The van der Waals surface area contributed by atoms with Crippen molar-refractivity contribution in [3.63, 3.8) is 0 Å². The number of hydrogen-bond acceptors (Lipinski definition) is 3. The number of benzene rings is 1. The van der Waals surface area contributed by atoms with Crippen molar-refractivity contribution in [2.24, 2.45) is 0 Å². The molecule has 0 spiro atoms. The first kappa shape index (κ1) is 12.2. The second kappa shape index (κ2) is 4.96. The highest BCUT2D eigenvalue weighted by Gasteiger charge is 2.10. The fourth-order valence-electron chi connectivity index (χ4n) is 1.11. The van der Waals surface area contributed by atoms with Crippen molar-refractivity contribution in [1.82, 2.24) is 10.2 Å². The molecule has 1 aromatic carbocycles. The van der Waals surface area contributed by atoms with Crippen LogP contribution in [0.2, 0.25) is 15.2 Å². The van der Waals surface area contributed by atoms with E-state index in [-0.39, 0.29) is 21.8 Å². The van der Waals surface area contributed by atoms with Crippen LogP contribution in [0.15, 0.2) is 29.1 Å². The highest BCUT2D eigenvalue weighted by molar-refractivity contribution is 6.42. The summed E-state index contributed by atoms with van der Waals surface area (Å²) >= 11 is 17.3. The lowest BCUT2D eigenvalue weighted by molar-refractivity contribution is 0.450. The highest BCUT2D eigenvalue weighted by Crippen LogP contribution is 2.33. The quantitative estimate of drug-likeness (QED) is 0.921. The van der Waals surface area contributed by atoms with Gasteiger partial charge in [0.2, 0.25) is 5.43 Å². The zero-order valence-corrected chi connectivity index (χ0v) is 10.5. The van der Waals surface area contributed by atoms with E-state index < -0.39 is 5.43 Å². The largest absolute Gasteiger partial charge is 0.433 e. The Labute approximate surface area is 111 Å². The van der Waals surface area contributed by atoms with Crippen molar-refractivity contribution in [3.8, 4) is 11.6 Å². The molecule has 1 N–H and O–H groups in total. The summed E-state index contributed by atoms with van der Waals surface area (Å²) in [6, 6.07) is 5.98. The Morgan fingerprint density at radius 3 is 2.71 bits per heavy atom. The van der Waals surface area contributed by atoms with Gasteiger partial charge in [0.25, 0.3) is 5.88 Å². The first-order valence-electron chi connectivity index (χ1n) is 4.45. The van der Waals surface area contributed by atoms with Crippen LogP contribution >= 0.6 is 34.8 Å². The van der Waals surface area contributed by atoms with E-state index in [9.17, 15) is 4.79 Å². The molecule has 17 heavy (non-hydrogen) atoms. The van der Waals surface area contributed by atoms with Gasteiger partial charge in [-0.25, -0.2) is 0 Å². The molecule has 0 saturated carbocycles. The Morgan fingerprint density at radius 2 is 2.00 bits per heavy atom. The van der Waals surface area contributed by atoms with Gasteiger partial charge in [-0.05, 0) is 12.1 Å². The summed E-state index contributed by atoms with van der Waals surface area (Å²) in [5, 5.41) is 6.73. The molecule has 1 aromatic heterocycles. The minimum absolute atomic E-state index is 0.125. The Morgan fingerprint density at radius 1 is 1.24 bits per heavy atom. The van der Waals surface area contributed by atoms with E-state index in [0.717, 1.165) is 6.07 Å². The third-order valence-electron chi connectivity index (χ3n) is 1.86. The van der Waals surface area contributed by atoms with Crippen molar-refractivity contribution in [2.75, 3.05) is 0 Å². The highest BCUT2D eigenvalue weighted by atomic mass is 35.5. The molecule has 0 fully saturated rings. The minimum Gasteiger partial charge on any atom is -0.433 e. The standard InChI is InChI=1S/C10H5Cl3N2O2/c11-5-2-1-3-7(9(5)13)17-10-6(16)4-8(12)14-15-10/h1-4H,(H,14,16). The summed E-state index contributed by atoms with van der Waals surface area (Å²) in [6.07, 6.45) is 0. The SMILES string of the molecule is O=c1cc(Cl)[nH]nc1Oc1cccc(Cl)c1Cl. The van der Waals surface area contributed by atoms with Crippen molar-refractivity contribution >= 4 is 34.8 Å². The average Bonchev–Trinajstić information content (AvgIpc) is 2.28. The Bertz CT molecular complexity index is 613. The maximum Gasteiger partial charge on any atom is 0.285 e. The van der Waals surface area contributed by atoms with Crippen LogP contribution in [-0.2, 0) is 0 Å². The van der Waals surface area contributed by atoms with Gasteiger partial charge < -0.3 is 4.74 Å². The summed E-state index contributed by atoms with van der Waals surface area (Å²) < 4.78 is 5.25. The van der Waals surface area contributed by atoms with Crippen LogP contribution < -0.4 is 10.2 Å². The van der Waals surface area contributed by atoms with Gasteiger partial charge in [-0.2, -0.15) is 0 Å². The second-order valence-corrected chi connectivity index (χ2v) is 4.23. The molecular weight excluding hydrogens is 286 g/mol. The lowest BCUT2D eigenvalue weighted by Gasteiger charge is -2.06. The average molecular weight is 292 g/mol. The summed E-state index contributed by atoms with van der Waals surface area (Å²) in [5.41, 5.74) is -0.454. The number of aromatic amines is 1. The van der Waals surface area contributed by atoms with E-state index in [1.165, 1.54) is 0 Å². The number of hydrogen-bond donors (Lipinski definition) is 1. The van der Waals surface area contributed by atoms with E-state index in [1.54, 1.807) is 18.2 Å². The van der Waals surface area contributed by atoms with Crippen molar-refractivity contribution < 1.29 is 4.74 Å². The van der Waals surface area contributed by atoms with Crippen molar-refractivity contribution in [3.05, 3.63) is 49.7 Å². The van der Waals surface area contributed by atoms with E-state index >= 15 is 0 Å². The summed E-state index contributed by atoms with van der Waals surface area (Å²) in [4.78, 5) is 11.5. The fourth-order valence-corrected chi connectivity index (χ4v) is 1.58. The predicted molar refractivity (Wildman–Crippen MR) is 66.4 cm³/mol. The van der Waals surface area contributed by atoms with Gasteiger partial charge >= 0.3 is 0 Å².